The summed E-state index contributed by atoms with van der Waals surface area (Å²) in [5.74, 6) is -1.46. The van der Waals surface area contributed by atoms with E-state index in [1.54, 1.807) is 0 Å². The molecule has 0 aromatic rings. The van der Waals surface area contributed by atoms with Crippen molar-refractivity contribution in [2.75, 3.05) is 5.75 Å². The van der Waals surface area contributed by atoms with Gasteiger partial charge in [-0.25, -0.2) is 13.2 Å². The van der Waals surface area contributed by atoms with E-state index < -0.39 is 27.4 Å². The molecule has 0 aliphatic heterocycles. The minimum atomic E-state index is -4.41. The Kier molecular flexibility index (Phi) is 7.83. The Morgan fingerprint density at radius 3 is 2.13 bits per heavy atom. The molecule has 0 aliphatic carbocycles. The number of rotatable bonds is 4. The second-order valence-corrected chi connectivity index (χ2v) is 5.04. The van der Waals surface area contributed by atoms with Gasteiger partial charge in [0.25, 0.3) is 0 Å². The first-order valence-corrected chi connectivity index (χ1v) is 5.44. The normalized spacial score (nSPS) is 11.5. The van der Waals surface area contributed by atoms with Crippen LogP contribution < -0.4 is 51.4 Å². The van der Waals surface area contributed by atoms with Crippen molar-refractivity contribution in [3.63, 3.8) is 0 Å². The van der Waals surface area contributed by atoms with Gasteiger partial charge in [-0.2, -0.15) is 0 Å². The standard InChI is InChI=1S/C8H14O5S.K/c1-6(2)7(9)13-8(3,4)5-14(10,11)12;/h1,5H2,2-4H3,(H,10,11,12);/q;+1/p-1. The minimum absolute atomic E-state index is 0. The third-order valence-electron chi connectivity index (χ3n) is 1.24. The van der Waals surface area contributed by atoms with Crippen molar-refractivity contribution in [3.05, 3.63) is 12.2 Å². The Balaban J connectivity index is 0. The smallest absolute Gasteiger partial charge is 0.748 e. The molecule has 0 fully saturated rings. The zero-order valence-electron chi connectivity index (χ0n) is 9.36. The molecule has 0 amide bonds. The maximum absolute atomic E-state index is 11.0. The Bertz CT molecular complexity index is 344. The fourth-order valence-corrected chi connectivity index (χ4v) is 1.70. The van der Waals surface area contributed by atoms with Crippen LogP contribution >= 0.6 is 0 Å². The number of carbonyl (C=O) groups excluding carboxylic acids is 1. The molecular formula is C8H13KO5S. The molecule has 0 aromatic carbocycles. The van der Waals surface area contributed by atoms with E-state index in [2.05, 4.69) is 6.58 Å². The predicted octanol–water partition coefficient (Wildman–Crippen LogP) is -2.57. The van der Waals surface area contributed by atoms with E-state index in [4.69, 9.17) is 4.74 Å². The van der Waals surface area contributed by atoms with Gasteiger partial charge in [-0.1, -0.05) is 6.58 Å². The second kappa shape index (κ2) is 6.48. The van der Waals surface area contributed by atoms with Crippen molar-refractivity contribution in [3.8, 4) is 0 Å². The molecule has 0 unspecified atom stereocenters. The number of carbonyl (C=O) groups is 1. The quantitative estimate of drug-likeness (QED) is 0.240. The zero-order valence-corrected chi connectivity index (χ0v) is 13.3. The van der Waals surface area contributed by atoms with Gasteiger partial charge in [-0.3, -0.25) is 0 Å². The molecule has 0 aromatic heterocycles. The average molecular weight is 260 g/mol. The first-order valence-electron chi connectivity index (χ1n) is 3.86. The van der Waals surface area contributed by atoms with Crippen LogP contribution in [0.3, 0.4) is 0 Å². The summed E-state index contributed by atoms with van der Waals surface area (Å²) in [4.78, 5) is 11.0. The summed E-state index contributed by atoms with van der Waals surface area (Å²) < 4.78 is 36.0. The number of esters is 1. The van der Waals surface area contributed by atoms with Crippen LogP contribution in [-0.2, 0) is 19.6 Å². The molecule has 5 nitrogen and oxygen atoms in total. The van der Waals surface area contributed by atoms with Crippen molar-refractivity contribution in [1.29, 1.82) is 0 Å². The van der Waals surface area contributed by atoms with E-state index in [1.807, 2.05) is 0 Å². The van der Waals surface area contributed by atoms with E-state index in [9.17, 15) is 17.8 Å². The van der Waals surface area contributed by atoms with Crippen LogP contribution in [0.2, 0.25) is 0 Å². The van der Waals surface area contributed by atoms with Crippen molar-refractivity contribution < 1.29 is 73.9 Å². The van der Waals surface area contributed by atoms with Gasteiger partial charge in [-0.15, -0.1) is 0 Å². The second-order valence-electron chi connectivity index (χ2n) is 3.63. The van der Waals surface area contributed by atoms with Crippen molar-refractivity contribution in [2.45, 2.75) is 26.4 Å². The van der Waals surface area contributed by atoms with E-state index in [0.29, 0.717) is 0 Å². The summed E-state index contributed by atoms with van der Waals surface area (Å²) in [6.07, 6.45) is 0. The van der Waals surface area contributed by atoms with Crippen LogP contribution in [0.1, 0.15) is 20.8 Å². The number of hydrogen-bond acceptors (Lipinski definition) is 5. The maximum atomic E-state index is 11.0. The molecule has 0 bridgehead atoms. The largest absolute Gasteiger partial charge is 1.00 e. The van der Waals surface area contributed by atoms with Gasteiger partial charge >= 0.3 is 57.4 Å². The SMILES string of the molecule is C=C(C)C(=O)OC(C)(C)CS(=O)(=O)[O-].[K+]. The summed E-state index contributed by atoms with van der Waals surface area (Å²) in [6.45, 7) is 7.47. The van der Waals surface area contributed by atoms with Crippen molar-refractivity contribution in [2.24, 2.45) is 0 Å². The molecule has 0 N–H and O–H groups in total. The maximum Gasteiger partial charge on any atom is 1.00 e. The summed E-state index contributed by atoms with van der Waals surface area (Å²) in [6, 6.07) is 0. The Labute approximate surface area is 132 Å². The van der Waals surface area contributed by atoms with Gasteiger partial charge in [0.15, 0.2) is 0 Å². The van der Waals surface area contributed by atoms with Crippen LogP contribution in [0.25, 0.3) is 0 Å². The monoisotopic (exact) mass is 260 g/mol. The molecule has 0 spiro atoms. The van der Waals surface area contributed by atoms with E-state index >= 15 is 0 Å². The molecule has 82 valence electrons. The molecular weight excluding hydrogens is 247 g/mol. The van der Waals surface area contributed by atoms with Gasteiger partial charge in [0.2, 0.25) is 0 Å². The molecule has 0 heterocycles. The first kappa shape index (κ1) is 18.1. The van der Waals surface area contributed by atoms with Crippen LogP contribution in [0.4, 0.5) is 0 Å². The average Bonchev–Trinajstić information content (AvgIpc) is 1.78. The van der Waals surface area contributed by atoms with Gasteiger partial charge in [0, 0.05) is 5.57 Å². The summed E-state index contributed by atoms with van der Waals surface area (Å²) >= 11 is 0. The van der Waals surface area contributed by atoms with Crippen LogP contribution in [-0.4, -0.2) is 30.3 Å². The third-order valence-corrected chi connectivity index (χ3v) is 2.29. The molecule has 0 atom stereocenters. The van der Waals surface area contributed by atoms with E-state index in [-0.39, 0.29) is 57.0 Å². The molecule has 0 aliphatic rings. The fourth-order valence-electron chi connectivity index (χ4n) is 0.793. The van der Waals surface area contributed by atoms with Crippen molar-refractivity contribution in [1.82, 2.24) is 0 Å². The minimum Gasteiger partial charge on any atom is -0.748 e. The summed E-state index contributed by atoms with van der Waals surface area (Å²) in [5, 5.41) is 0. The molecule has 15 heavy (non-hydrogen) atoms. The predicted molar refractivity (Wildman–Crippen MR) is 49.5 cm³/mol. The van der Waals surface area contributed by atoms with Gasteiger partial charge in [-0.05, 0) is 20.8 Å². The van der Waals surface area contributed by atoms with Gasteiger partial charge in [0.05, 0.1) is 15.9 Å². The Morgan fingerprint density at radius 2 is 1.87 bits per heavy atom. The van der Waals surface area contributed by atoms with Crippen LogP contribution in [0.5, 0.6) is 0 Å². The zero-order chi connectivity index (χ0) is 11.6. The molecule has 7 heteroatoms. The summed E-state index contributed by atoms with van der Waals surface area (Å²) in [7, 11) is -4.41. The fraction of sp³-hybridized carbons (Fsp3) is 0.625. The first-order chi connectivity index (χ1) is 6.03. The van der Waals surface area contributed by atoms with Crippen molar-refractivity contribution >= 4 is 16.1 Å². The third kappa shape index (κ3) is 9.67. The molecule has 0 radical (unpaired) electrons. The number of ether oxygens (including phenoxy) is 1. The Hall–Kier alpha value is 0.756. The van der Waals surface area contributed by atoms with Gasteiger partial charge in [0.1, 0.15) is 5.60 Å². The molecule has 0 rings (SSSR count). The number of hydrogen-bond donors (Lipinski definition) is 0. The Morgan fingerprint density at radius 1 is 1.47 bits per heavy atom. The molecule has 0 saturated heterocycles. The topological polar surface area (TPSA) is 83.5 Å². The summed E-state index contributed by atoms with van der Waals surface area (Å²) in [5.41, 5.74) is -1.17. The van der Waals surface area contributed by atoms with Crippen LogP contribution in [0, 0.1) is 0 Å². The van der Waals surface area contributed by atoms with E-state index in [0.717, 1.165) is 0 Å². The van der Waals surface area contributed by atoms with Gasteiger partial charge < -0.3 is 9.29 Å². The molecule has 0 saturated carbocycles. The van der Waals surface area contributed by atoms with E-state index in [1.165, 1.54) is 20.8 Å². The van der Waals surface area contributed by atoms with Crippen LogP contribution in [0.15, 0.2) is 12.2 Å².